The summed E-state index contributed by atoms with van der Waals surface area (Å²) in [4.78, 5) is 58.7. The molecule has 3 amide bonds. The van der Waals surface area contributed by atoms with Gasteiger partial charge in [-0.15, -0.1) is 13.2 Å². The number of alkyl halides is 1. The quantitative estimate of drug-likeness (QED) is 0.0993. The fraction of sp³-hybridized carbons (Fsp3) is 0.459. The Bertz CT molecular complexity index is 1540. The summed E-state index contributed by atoms with van der Waals surface area (Å²) in [6.07, 6.45) is 4.55. The molecule has 3 aliphatic rings. The van der Waals surface area contributed by atoms with Crippen LogP contribution in [0.4, 0.5) is 5.69 Å². The van der Waals surface area contributed by atoms with E-state index < -0.39 is 41.7 Å². The Morgan fingerprint density at radius 3 is 2.55 bits per heavy atom. The zero-order chi connectivity index (χ0) is 35.1. The summed E-state index contributed by atoms with van der Waals surface area (Å²) in [5.74, 6) is -3.54. The molecule has 12 heteroatoms. The van der Waals surface area contributed by atoms with Crippen molar-refractivity contribution in [3.05, 3.63) is 90.5 Å². The fourth-order valence-corrected chi connectivity index (χ4v) is 8.57. The number of fused-ring (bicyclic) bond motifs is 1. The fourth-order valence-electron chi connectivity index (χ4n) is 7.39. The third kappa shape index (κ3) is 7.50. The van der Waals surface area contributed by atoms with Gasteiger partial charge in [-0.25, -0.2) is 0 Å². The number of esters is 1. The Hall–Kier alpha value is -3.51. The molecule has 5 rings (SSSR count). The lowest BCUT2D eigenvalue weighted by molar-refractivity contribution is -0.160. The minimum Gasteiger partial charge on any atom is -0.455 e. The lowest BCUT2D eigenvalue weighted by Crippen LogP contribution is -2.57. The molecule has 3 heterocycles. The first-order valence-electron chi connectivity index (χ1n) is 16.7. The van der Waals surface area contributed by atoms with Crippen molar-refractivity contribution in [2.45, 2.75) is 67.2 Å². The number of benzene rings is 2. The second kappa shape index (κ2) is 16.5. The van der Waals surface area contributed by atoms with Crippen molar-refractivity contribution in [1.29, 1.82) is 0 Å². The number of unbranched alkanes of at least 4 members (excludes halogenated alkanes) is 2. The van der Waals surface area contributed by atoms with Gasteiger partial charge in [-0.3, -0.25) is 19.2 Å². The summed E-state index contributed by atoms with van der Waals surface area (Å²) in [5.41, 5.74) is -0.151. The normalized spacial score (nSPS) is 25.8. The molecule has 0 aliphatic carbocycles. The van der Waals surface area contributed by atoms with Gasteiger partial charge < -0.3 is 29.7 Å². The van der Waals surface area contributed by atoms with Crippen LogP contribution in [0.2, 0.25) is 5.02 Å². The number of aliphatic hydroxyl groups excluding tert-OH is 1. The van der Waals surface area contributed by atoms with Crippen LogP contribution in [0.5, 0.6) is 0 Å². The van der Waals surface area contributed by atoms with Crippen LogP contribution >= 0.6 is 27.5 Å². The molecule has 3 aliphatic heterocycles. The Kier molecular flexibility index (Phi) is 12.4. The van der Waals surface area contributed by atoms with Crippen LogP contribution in [0.25, 0.3) is 0 Å². The number of hydrogen-bond donors (Lipinski definition) is 2. The molecule has 0 radical (unpaired) electrons. The molecule has 2 N–H and O–H groups in total. The smallest absolute Gasteiger partial charge is 0.313 e. The van der Waals surface area contributed by atoms with E-state index in [1.807, 2.05) is 30.3 Å². The average Bonchev–Trinajstić information content (AvgIpc) is 3.70. The van der Waals surface area contributed by atoms with E-state index in [2.05, 4.69) is 34.4 Å². The summed E-state index contributed by atoms with van der Waals surface area (Å²) in [6, 6.07) is 15.0. The number of anilines is 1. The van der Waals surface area contributed by atoms with Gasteiger partial charge in [-0.2, -0.15) is 0 Å². The largest absolute Gasteiger partial charge is 0.455 e. The highest BCUT2D eigenvalue weighted by atomic mass is 79.9. The topological polar surface area (TPSA) is 125 Å². The number of carbonyl (C=O) groups excluding carboxylic acids is 4. The minimum atomic E-state index is -1.31. The molecule has 3 saturated heterocycles. The lowest BCUT2D eigenvalue weighted by Gasteiger charge is -2.37. The highest BCUT2D eigenvalue weighted by molar-refractivity contribution is 9.09. The SMILES string of the molecule is C=CCCC(=O)NC[C@H](OC(=O)[C@@H]1[C@H]2O[C@@]3(CC2Br)[C@H](C(=O)N(CC=C)c2ccccc2Cl)N(CCCCCO)C(=O)[C@@H]13)c1ccccc1. The summed E-state index contributed by atoms with van der Waals surface area (Å²) < 4.78 is 12.8. The van der Waals surface area contributed by atoms with Gasteiger partial charge >= 0.3 is 5.97 Å². The van der Waals surface area contributed by atoms with Crippen molar-refractivity contribution < 1.29 is 33.8 Å². The molecule has 49 heavy (non-hydrogen) atoms. The number of likely N-dealkylation sites (tertiary alicyclic amines) is 1. The van der Waals surface area contributed by atoms with E-state index in [1.54, 1.807) is 41.3 Å². The number of amides is 3. The highest BCUT2D eigenvalue weighted by Crippen LogP contribution is 2.60. The summed E-state index contributed by atoms with van der Waals surface area (Å²) in [5, 5.41) is 12.6. The highest BCUT2D eigenvalue weighted by Gasteiger charge is 2.77. The van der Waals surface area contributed by atoms with Gasteiger partial charge in [0.25, 0.3) is 5.91 Å². The number of allylic oxidation sites excluding steroid dienone is 1. The predicted molar refractivity (Wildman–Crippen MR) is 190 cm³/mol. The van der Waals surface area contributed by atoms with Crippen LogP contribution in [0.15, 0.2) is 79.9 Å². The van der Waals surface area contributed by atoms with E-state index in [1.165, 1.54) is 4.90 Å². The van der Waals surface area contributed by atoms with E-state index >= 15 is 0 Å². The number of nitrogens with one attached hydrogen (secondary N) is 1. The maximum Gasteiger partial charge on any atom is 0.313 e. The Labute approximate surface area is 300 Å². The van der Waals surface area contributed by atoms with Crippen LogP contribution in [0, 0.1) is 11.8 Å². The van der Waals surface area contributed by atoms with Crippen molar-refractivity contribution in [2.24, 2.45) is 11.8 Å². The number of nitrogens with zero attached hydrogens (tertiary/aromatic N) is 2. The van der Waals surface area contributed by atoms with Crippen molar-refractivity contribution in [3.63, 3.8) is 0 Å². The maximum absolute atomic E-state index is 14.8. The van der Waals surface area contributed by atoms with E-state index in [9.17, 15) is 24.3 Å². The van der Waals surface area contributed by atoms with E-state index in [0.29, 0.717) is 48.4 Å². The van der Waals surface area contributed by atoms with Crippen LogP contribution in [0.3, 0.4) is 0 Å². The van der Waals surface area contributed by atoms with Gasteiger partial charge in [-0.1, -0.05) is 82.1 Å². The third-order valence-electron chi connectivity index (χ3n) is 9.56. The van der Waals surface area contributed by atoms with Gasteiger partial charge in [0.15, 0.2) is 0 Å². The molecule has 2 aromatic carbocycles. The minimum absolute atomic E-state index is 0.0176. The summed E-state index contributed by atoms with van der Waals surface area (Å²) >= 11 is 10.3. The molecule has 0 saturated carbocycles. The third-order valence-corrected chi connectivity index (χ3v) is 10.7. The second-order valence-corrected chi connectivity index (χ2v) is 14.2. The van der Waals surface area contributed by atoms with Gasteiger partial charge in [0, 0.05) is 30.9 Å². The Morgan fingerprint density at radius 2 is 1.86 bits per heavy atom. The molecule has 3 fully saturated rings. The predicted octanol–water partition coefficient (Wildman–Crippen LogP) is 5.14. The summed E-state index contributed by atoms with van der Waals surface area (Å²) in [7, 11) is 0. The van der Waals surface area contributed by atoms with Crippen LogP contribution in [-0.2, 0) is 28.7 Å². The molecular formula is C37H43BrClN3O7. The Morgan fingerprint density at radius 1 is 1.12 bits per heavy atom. The molecule has 10 nitrogen and oxygen atoms in total. The zero-order valence-corrected chi connectivity index (χ0v) is 29.7. The van der Waals surface area contributed by atoms with Crippen LogP contribution in [-0.4, -0.2) is 82.5 Å². The van der Waals surface area contributed by atoms with Gasteiger partial charge in [0.05, 0.1) is 35.2 Å². The zero-order valence-electron chi connectivity index (χ0n) is 27.3. The molecule has 0 aromatic heterocycles. The average molecular weight is 757 g/mol. The number of para-hydroxylation sites is 1. The molecule has 1 spiro atoms. The van der Waals surface area contributed by atoms with Crippen LogP contribution < -0.4 is 10.2 Å². The van der Waals surface area contributed by atoms with E-state index in [0.717, 1.165) is 0 Å². The van der Waals surface area contributed by atoms with E-state index in [-0.39, 0.29) is 55.2 Å². The Balaban J connectivity index is 1.48. The maximum atomic E-state index is 14.8. The number of rotatable bonds is 17. The van der Waals surface area contributed by atoms with Crippen molar-refractivity contribution in [2.75, 3.05) is 31.1 Å². The van der Waals surface area contributed by atoms with Crippen molar-refractivity contribution in [3.8, 4) is 0 Å². The number of ether oxygens (including phenoxy) is 2. The standard InChI is InChI=1S/C37H43BrClN3O7/c1-3-5-18-29(44)40-23-28(24-14-8-6-9-15-24)48-36(47)30-31-34(45)42(20-12-7-13-21-43)33(37(31)22-25(38)32(30)49-37)35(46)41(19-4-2)27-17-11-10-16-26(27)39/h3-4,6,8-11,14-17,25,28,30-33,43H,1-2,5,7,12-13,18-23H2,(H,40,44)/t25?,28-,30-,31+,32-,33-,37+/m0/s1. The van der Waals surface area contributed by atoms with Gasteiger partial charge in [0.2, 0.25) is 11.8 Å². The number of carbonyl (C=O) groups is 4. The number of hydrogen-bond acceptors (Lipinski definition) is 7. The van der Waals surface area contributed by atoms with Gasteiger partial charge in [-0.05, 0) is 49.8 Å². The molecule has 2 bridgehead atoms. The second-order valence-electron chi connectivity index (χ2n) is 12.6. The van der Waals surface area contributed by atoms with Crippen molar-refractivity contribution in [1.82, 2.24) is 10.2 Å². The molecule has 1 unspecified atom stereocenters. The lowest BCUT2D eigenvalue weighted by atomic mass is 9.70. The van der Waals surface area contributed by atoms with Crippen molar-refractivity contribution >= 4 is 56.9 Å². The summed E-state index contributed by atoms with van der Waals surface area (Å²) in [6.45, 7) is 7.94. The molecule has 2 aromatic rings. The van der Waals surface area contributed by atoms with Gasteiger partial charge in [0.1, 0.15) is 17.7 Å². The first-order chi connectivity index (χ1) is 23.7. The molecule has 7 atom stereocenters. The number of halogens is 2. The molecular weight excluding hydrogens is 714 g/mol. The first kappa shape index (κ1) is 36.8. The van der Waals surface area contributed by atoms with E-state index in [4.69, 9.17) is 21.1 Å². The van der Waals surface area contributed by atoms with Crippen LogP contribution in [0.1, 0.15) is 50.2 Å². The first-order valence-corrected chi connectivity index (χ1v) is 18.0. The monoisotopic (exact) mass is 755 g/mol. The number of aliphatic hydroxyl groups is 1. The molecule has 262 valence electrons.